The minimum atomic E-state index is -0.954. The molecule has 4 rings (SSSR count). The highest BCUT2D eigenvalue weighted by Crippen LogP contribution is 2.58. The van der Waals surface area contributed by atoms with Gasteiger partial charge in [-0.05, 0) is 114 Å². The monoisotopic (exact) mass is 839 g/mol. The molecule has 0 spiro atoms. The van der Waals surface area contributed by atoms with E-state index >= 15 is 0 Å². The molecule has 1 saturated carbocycles. The number of rotatable bonds is 19. The number of ketones is 1. The van der Waals surface area contributed by atoms with E-state index in [9.17, 15) is 45.3 Å². The number of nitrogens with one attached hydrogen (secondary N) is 2. The van der Waals surface area contributed by atoms with Gasteiger partial charge in [-0.1, -0.05) is 75.3 Å². The fourth-order valence-corrected chi connectivity index (χ4v) is 10.1. The number of aliphatic hydroxyl groups is 7. The minimum absolute atomic E-state index is 0.0326. The fraction of sp³-hybridized carbons (Fsp3) is 0.681. The first kappa shape index (κ1) is 49.1. The van der Waals surface area contributed by atoms with Gasteiger partial charge in [0.05, 0.1) is 43.2 Å². The second kappa shape index (κ2) is 22.0. The van der Waals surface area contributed by atoms with Crippen LogP contribution in [0.1, 0.15) is 112 Å². The molecule has 336 valence electrons. The summed E-state index contributed by atoms with van der Waals surface area (Å²) in [6.07, 6.45) is 14.7. The Kier molecular flexibility index (Phi) is 18.0. The number of hydrogen-bond donors (Lipinski definition) is 10. The Morgan fingerprint density at radius 2 is 1.70 bits per heavy atom. The largest absolute Gasteiger partial charge is 0.511 e. The van der Waals surface area contributed by atoms with Gasteiger partial charge in [0.15, 0.2) is 11.7 Å². The number of nitrogens with zero attached hydrogens (tertiary/aromatic N) is 1. The van der Waals surface area contributed by atoms with Crippen LogP contribution in [0.15, 0.2) is 70.6 Å². The van der Waals surface area contributed by atoms with E-state index in [2.05, 4.69) is 11.4 Å². The Hall–Kier alpha value is -3.59. The predicted molar refractivity (Wildman–Crippen MR) is 233 cm³/mol. The van der Waals surface area contributed by atoms with Crippen LogP contribution in [0.3, 0.4) is 0 Å². The molecule has 2 saturated heterocycles. The van der Waals surface area contributed by atoms with Crippen LogP contribution in [0, 0.1) is 40.4 Å². The van der Waals surface area contributed by atoms with E-state index in [0.717, 1.165) is 43.4 Å². The van der Waals surface area contributed by atoms with Crippen molar-refractivity contribution in [3.63, 3.8) is 0 Å². The highest BCUT2D eigenvalue weighted by Gasteiger charge is 2.55. The maximum atomic E-state index is 12.8. The molecule has 2 aliphatic heterocycles. The van der Waals surface area contributed by atoms with Crippen LogP contribution in [0.2, 0.25) is 0 Å². The summed E-state index contributed by atoms with van der Waals surface area (Å²) in [5.41, 5.74) is 6.95. The molecule has 13 heteroatoms. The third kappa shape index (κ3) is 12.1. The summed E-state index contributed by atoms with van der Waals surface area (Å²) in [5.74, 6) is -2.23. The van der Waals surface area contributed by atoms with Crippen molar-refractivity contribution in [2.24, 2.45) is 40.7 Å². The van der Waals surface area contributed by atoms with E-state index in [4.69, 9.17) is 11.1 Å². The van der Waals surface area contributed by atoms with Crippen molar-refractivity contribution in [2.45, 2.75) is 155 Å². The number of guanidine groups is 1. The lowest BCUT2D eigenvalue weighted by Gasteiger charge is -2.53. The first-order chi connectivity index (χ1) is 28.3. The van der Waals surface area contributed by atoms with E-state index in [1.54, 1.807) is 31.2 Å². The van der Waals surface area contributed by atoms with E-state index in [0.29, 0.717) is 44.1 Å². The van der Waals surface area contributed by atoms with Crippen molar-refractivity contribution in [3.05, 3.63) is 70.6 Å². The molecular formula is C47H74N4O9. The number of fused-ring (bicyclic) bond motifs is 1. The molecule has 2 aliphatic carbocycles. The summed E-state index contributed by atoms with van der Waals surface area (Å²) in [5, 5.41) is 86.9. The van der Waals surface area contributed by atoms with E-state index in [1.807, 2.05) is 51.7 Å². The zero-order valence-electron chi connectivity index (χ0n) is 36.6. The number of amides is 1. The lowest BCUT2D eigenvalue weighted by Crippen LogP contribution is -2.50. The number of Topliss-reactive ketones (excluding diaryl/α,β-unsaturated/α-hetero) is 1. The molecule has 13 unspecified atom stereocenters. The van der Waals surface area contributed by atoms with Crippen molar-refractivity contribution in [1.29, 1.82) is 5.41 Å². The zero-order valence-corrected chi connectivity index (χ0v) is 36.6. The number of nitrogens with two attached hydrogens (primary N) is 1. The van der Waals surface area contributed by atoms with Crippen LogP contribution < -0.4 is 11.1 Å². The molecular weight excluding hydrogens is 765 g/mol. The van der Waals surface area contributed by atoms with E-state index in [1.165, 1.54) is 0 Å². The maximum absolute atomic E-state index is 12.8. The van der Waals surface area contributed by atoms with Crippen molar-refractivity contribution in [3.8, 4) is 0 Å². The average Bonchev–Trinajstić information content (AvgIpc) is 3.82. The number of hydrogen-bond acceptors (Lipinski definition) is 10. The standard InChI is InChI=1S/C47H74N4O9/c1-27(38(54)12-8-13-39(55)28(2)16-21-34(53)25-32-10-9-23-51(32)46(48)49)15-19-33(52)20-17-29(3)43(58)30(4)18-22-36-31(5)24-35-37(11-7-14-40(35)56)47(36,6)44(59)42-41(57)26-50-45(42)60/h8,12,15-17,19,24,27,30,32-40,43,52-56,58-59H,7,9-11,13-14,18,20-23,25-26H2,1-6H3,(H3,48,49)(H,50,60)/b12-8+,19-15+,28-16+,29-17+,44-42-. The van der Waals surface area contributed by atoms with Crippen LogP contribution in [0.4, 0.5) is 0 Å². The average molecular weight is 839 g/mol. The molecule has 13 atom stereocenters. The third-order valence-corrected chi connectivity index (χ3v) is 14.0. The number of allylic oxidation sites excluding steroid dienone is 2. The summed E-state index contributed by atoms with van der Waals surface area (Å²) < 4.78 is 0. The molecule has 11 N–H and O–H groups in total. The van der Waals surface area contributed by atoms with Crippen molar-refractivity contribution in [1.82, 2.24) is 10.2 Å². The van der Waals surface area contributed by atoms with Gasteiger partial charge in [0.25, 0.3) is 5.91 Å². The lowest BCUT2D eigenvalue weighted by molar-refractivity contribution is -0.118. The SMILES string of the molecule is CC1=CC2C(O)CCCC2C(C)(/C(O)=C2\C(=O)CNC2=O)C1CCC(C)C(O)/C(C)=C/CC(O)/C=C/C(C)C(O)/C=C/CC(O)/C(C)=C/CC(O)CC1CCCN1C(=N)N. The Labute approximate surface area is 357 Å². The van der Waals surface area contributed by atoms with Gasteiger partial charge in [-0.15, -0.1) is 0 Å². The number of aliphatic hydroxyl groups excluding tert-OH is 7. The fourth-order valence-electron chi connectivity index (χ4n) is 10.1. The van der Waals surface area contributed by atoms with Crippen molar-refractivity contribution >= 4 is 17.6 Å². The molecule has 0 aromatic carbocycles. The minimum Gasteiger partial charge on any atom is -0.511 e. The van der Waals surface area contributed by atoms with Gasteiger partial charge in [0.1, 0.15) is 11.3 Å². The van der Waals surface area contributed by atoms with Gasteiger partial charge < -0.3 is 51.7 Å². The summed E-state index contributed by atoms with van der Waals surface area (Å²) >= 11 is 0. The molecule has 60 heavy (non-hydrogen) atoms. The zero-order chi connectivity index (χ0) is 44.5. The first-order valence-corrected chi connectivity index (χ1v) is 22.1. The van der Waals surface area contributed by atoms with E-state index in [-0.39, 0.29) is 65.9 Å². The summed E-state index contributed by atoms with van der Waals surface area (Å²) in [7, 11) is 0. The van der Waals surface area contributed by atoms with Crippen LogP contribution in [0.25, 0.3) is 0 Å². The number of carbonyl (C=O) groups excluding carboxylic acids is 2. The molecule has 0 aromatic rings. The summed E-state index contributed by atoms with van der Waals surface area (Å²) in [6, 6.07) is 0.0545. The quantitative estimate of drug-likeness (QED) is 0.0215. The van der Waals surface area contributed by atoms with Gasteiger partial charge in [-0.3, -0.25) is 15.0 Å². The maximum Gasteiger partial charge on any atom is 0.258 e. The normalized spacial score (nSPS) is 31.1. The second-order valence-electron chi connectivity index (χ2n) is 18.4. The van der Waals surface area contributed by atoms with Crippen LogP contribution in [-0.2, 0) is 9.59 Å². The Morgan fingerprint density at radius 3 is 2.37 bits per heavy atom. The van der Waals surface area contributed by atoms with Gasteiger partial charge >= 0.3 is 0 Å². The smallest absolute Gasteiger partial charge is 0.258 e. The molecule has 1 amide bonds. The van der Waals surface area contributed by atoms with Gasteiger partial charge in [-0.25, -0.2) is 0 Å². The van der Waals surface area contributed by atoms with Crippen molar-refractivity contribution < 1.29 is 45.3 Å². The highest BCUT2D eigenvalue weighted by molar-refractivity contribution is 6.25. The Balaban J connectivity index is 1.27. The topological polar surface area (TPSA) is 241 Å². The van der Waals surface area contributed by atoms with Gasteiger partial charge in [-0.2, -0.15) is 0 Å². The Morgan fingerprint density at radius 1 is 1.00 bits per heavy atom. The van der Waals surface area contributed by atoms with E-state index < -0.39 is 53.7 Å². The molecule has 13 nitrogen and oxygen atoms in total. The first-order valence-electron chi connectivity index (χ1n) is 22.1. The van der Waals surface area contributed by atoms with Crippen molar-refractivity contribution in [2.75, 3.05) is 13.1 Å². The third-order valence-electron chi connectivity index (χ3n) is 14.0. The summed E-state index contributed by atoms with van der Waals surface area (Å²) in [4.78, 5) is 27.3. The van der Waals surface area contributed by atoms with Gasteiger partial charge in [0.2, 0.25) is 0 Å². The Bertz CT molecular complexity index is 1680. The lowest BCUT2D eigenvalue weighted by atomic mass is 9.52. The highest BCUT2D eigenvalue weighted by atomic mass is 16.3. The molecule has 0 aromatic heterocycles. The second-order valence-corrected chi connectivity index (χ2v) is 18.4. The molecule has 3 fully saturated rings. The predicted octanol–water partition coefficient (Wildman–Crippen LogP) is 4.64. The molecule has 4 aliphatic rings. The van der Waals surface area contributed by atoms with Crippen LogP contribution in [0.5, 0.6) is 0 Å². The molecule has 0 radical (unpaired) electrons. The molecule has 2 heterocycles. The molecule has 0 bridgehead atoms. The van der Waals surface area contributed by atoms with Gasteiger partial charge in [0, 0.05) is 29.8 Å². The number of likely N-dealkylation sites (tertiary alicyclic amines) is 1. The number of carbonyl (C=O) groups is 2. The van der Waals surface area contributed by atoms with Crippen LogP contribution >= 0.6 is 0 Å². The summed E-state index contributed by atoms with van der Waals surface area (Å²) in [6.45, 7) is 11.9. The van der Waals surface area contributed by atoms with Crippen LogP contribution in [-0.4, -0.2) is 114 Å².